The normalized spacial score (nSPS) is 14.2. The van der Waals surface area contributed by atoms with E-state index in [0.29, 0.717) is 0 Å². The molecule has 2 aliphatic carbocycles. The van der Waals surface area contributed by atoms with Crippen LogP contribution in [0, 0.1) is 27.7 Å². The molecule has 1 heteroatoms. The first-order valence-electron chi connectivity index (χ1n) is 15.1. The molecule has 0 fully saturated rings. The van der Waals surface area contributed by atoms with E-state index >= 15 is 0 Å². The summed E-state index contributed by atoms with van der Waals surface area (Å²) in [5, 5.41) is 3.45. The predicted octanol–water partition coefficient (Wildman–Crippen LogP) is 10.8. The van der Waals surface area contributed by atoms with Crippen molar-refractivity contribution in [2.45, 2.75) is 72.9 Å². The van der Waals surface area contributed by atoms with E-state index in [2.05, 4.69) is 126 Å². The number of benzene rings is 4. The number of aryl methyl sites for hydroxylation is 4. The van der Waals surface area contributed by atoms with E-state index in [9.17, 15) is 0 Å². The van der Waals surface area contributed by atoms with Crippen molar-refractivity contribution in [3.8, 4) is 22.3 Å². The number of unbranched alkanes of at least 4 members (excludes halogenated alkanes) is 1. The summed E-state index contributed by atoms with van der Waals surface area (Å²) in [6.07, 6.45) is 10.0. The molecule has 0 aliphatic heterocycles. The highest BCUT2D eigenvalue weighted by atomic mass is 28.3. The zero-order valence-electron chi connectivity index (χ0n) is 25.1. The average molecular weight is 539 g/mol. The van der Waals surface area contributed by atoms with Crippen LogP contribution in [0.2, 0.25) is 12.6 Å². The summed E-state index contributed by atoms with van der Waals surface area (Å²) in [7, 11) is -1.87. The molecular formula is C39H42Si. The molecule has 40 heavy (non-hydrogen) atoms. The molecule has 2 aliphatic rings. The van der Waals surface area contributed by atoms with Crippen LogP contribution < -0.4 is 0 Å². The van der Waals surface area contributed by atoms with Crippen molar-refractivity contribution in [2.24, 2.45) is 0 Å². The van der Waals surface area contributed by atoms with E-state index in [1.807, 2.05) is 0 Å². The average Bonchev–Trinajstić information content (AvgIpc) is 3.60. The van der Waals surface area contributed by atoms with E-state index in [1.165, 1.54) is 85.6 Å². The van der Waals surface area contributed by atoms with Gasteiger partial charge in [0.1, 0.15) is 8.07 Å². The smallest absolute Gasteiger partial charge is 0.0712 e. The Hall–Kier alpha value is -3.42. The molecule has 4 aromatic carbocycles. The van der Waals surface area contributed by atoms with Gasteiger partial charge in [0.25, 0.3) is 0 Å². The minimum atomic E-state index is -1.87. The highest BCUT2D eigenvalue weighted by molar-refractivity contribution is 6.93. The van der Waals surface area contributed by atoms with Crippen LogP contribution in [0.15, 0.2) is 83.2 Å². The van der Waals surface area contributed by atoms with Gasteiger partial charge in [-0.3, -0.25) is 0 Å². The van der Waals surface area contributed by atoms with Crippen LogP contribution >= 0.6 is 0 Å². The van der Waals surface area contributed by atoms with Gasteiger partial charge in [-0.2, -0.15) is 0 Å². The summed E-state index contributed by atoms with van der Waals surface area (Å²) in [6.45, 7) is 13.9. The number of rotatable bonds is 7. The summed E-state index contributed by atoms with van der Waals surface area (Å²) < 4.78 is 0. The summed E-state index contributed by atoms with van der Waals surface area (Å²) in [6, 6.07) is 29.1. The molecule has 0 nitrogen and oxygen atoms in total. The van der Waals surface area contributed by atoms with Crippen molar-refractivity contribution >= 4 is 20.2 Å². The van der Waals surface area contributed by atoms with Crippen LogP contribution in [0.5, 0.6) is 0 Å². The van der Waals surface area contributed by atoms with Gasteiger partial charge < -0.3 is 0 Å². The Labute approximate surface area is 242 Å². The first-order chi connectivity index (χ1) is 19.3. The second kappa shape index (κ2) is 10.5. The van der Waals surface area contributed by atoms with Crippen molar-refractivity contribution < 1.29 is 0 Å². The molecule has 202 valence electrons. The third kappa shape index (κ3) is 4.65. The first kappa shape index (κ1) is 26.8. The van der Waals surface area contributed by atoms with Crippen LogP contribution in [0.1, 0.15) is 64.3 Å². The fourth-order valence-electron chi connectivity index (χ4n) is 7.02. The SMILES string of the molecule is CCCC[Si](C)(C1=Cc2c(cccc2-c2cc(C)ccc2C)C1)C1=Cc2c(cccc2-c2cc(C)ccc2C)C1. The van der Waals surface area contributed by atoms with Crippen LogP contribution in [-0.4, -0.2) is 8.07 Å². The second-order valence-electron chi connectivity index (χ2n) is 12.5. The van der Waals surface area contributed by atoms with Gasteiger partial charge in [-0.05, 0) is 96.2 Å². The third-order valence-corrected chi connectivity index (χ3v) is 14.4. The lowest BCUT2D eigenvalue weighted by Gasteiger charge is -2.31. The molecule has 4 aromatic rings. The summed E-state index contributed by atoms with van der Waals surface area (Å²) in [5.74, 6) is 0. The van der Waals surface area contributed by atoms with E-state index in [1.54, 1.807) is 10.4 Å². The minimum absolute atomic E-state index is 1.11. The fourth-order valence-corrected chi connectivity index (χ4v) is 11.2. The van der Waals surface area contributed by atoms with Gasteiger partial charge in [0, 0.05) is 0 Å². The summed E-state index contributed by atoms with van der Waals surface area (Å²) >= 11 is 0. The molecule has 6 rings (SSSR count). The Kier molecular flexibility index (Phi) is 7.05. The van der Waals surface area contributed by atoms with Crippen molar-refractivity contribution in [3.63, 3.8) is 0 Å². The quantitative estimate of drug-likeness (QED) is 0.205. The fraction of sp³-hybridized carbons (Fsp3) is 0.282. The Balaban J connectivity index is 1.45. The van der Waals surface area contributed by atoms with E-state index < -0.39 is 8.07 Å². The van der Waals surface area contributed by atoms with Crippen molar-refractivity contribution in [2.75, 3.05) is 0 Å². The second-order valence-corrected chi connectivity index (χ2v) is 17.0. The first-order valence-corrected chi connectivity index (χ1v) is 17.8. The Bertz CT molecular complexity index is 1560. The van der Waals surface area contributed by atoms with Gasteiger partial charge in [0.05, 0.1) is 0 Å². The molecule has 0 radical (unpaired) electrons. The standard InChI is InChI=1S/C39H42Si/c1-7-8-19-40(6,32-22-30-11-9-13-34(38(30)24-32)36-20-26(2)15-17-28(36)4)33-23-31-12-10-14-35(39(31)25-33)37-21-27(3)16-18-29(37)5/h9-18,20-21,24-25H,7-8,19,22-23H2,1-6H3. The van der Waals surface area contributed by atoms with Crippen LogP contribution in [0.25, 0.3) is 34.4 Å². The lowest BCUT2D eigenvalue weighted by Crippen LogP contribution is -2.36. The molecule has 0 saturated heterocycles. The zero-order chi connectivity index (χ0) is 28.0. The van der Waals surface area contributed by atoms with Gasteiger partial charge in [-0.25, -0.2) is 0 Å². The molecule has 0 N–H and O–H groups in total. The maximum Gasteiger partial charge on any atom is 0.106 e. The van der Waals surface area contributed by atoms with Gasteiger partial charge in [-0.15, -0.1) is 0 Å². The number of hydrogen-bond donors (Lipinski definition) is 0. The highest BCUT2D eigenvalue weighted by Gasteiger charge is 2.39. The molecule has 0 spiro atoms. The van der Waals surface area contributed by atoms with Crippen molar-refractivity contribution in [3.05, 3.63) is 128 Å². The van der Waals surface area contributed by atoms with Crippen molar-refractivity contribution in [1.82, 2.24) is 0 Å². The Morgan fingerprint density at radius 1 is 0.600 bits per heavy atom. The summed E-state index contributed by atoms with van der Waals surface area (Å²) in [4.78, 5) is 0. The molecular weight excluding hydrogens is 497 g/mol. The van der Waals surface area contributed by atoms with Crippen LogP contribution in [-0.2, 0) is 12.8 Å². The number of allylic oxidation sites excluding steroid dienone is 2. The van der Waals surface area contributed by atoms with Crippen molar-refractivity contribution in [1.29, 1.82) is 0 Å². The minimum Gasteiger partial charge on any atom is -0.0712 e. The number of hydrogen-bond acceptors (Lipinski definition) is 0. The lowest BCUT2D eigenvalue weighted by atomic mass is 9.93. The van der Waals surface area contributed by atoms with Crippen LogP contribution in [0.4, 0.5) is 0 Å². The molecule has 0 amide bonds. The molecule has 0 unspecified atom stereocenters. The zero-order valence-corrected chi connectivity index (χ0v) is 26.1. The summed E-state index contributed by atoms with van der Waals surface area (Å²) in [5.41, 5.74) is 16.9. The monoisotopic (exact) mass is 538 g/mol. The van der Waals surface area contributed by atoms with E-state index in [-0.39, 0.29) is 0 Å². The molecule has 0 bridgehead atoms. The number of fused-ring (bicyclic) bond motifs is 2. The Morgan fingerprint density at radius 2 is 1.07 bits per heavy atom. The topological polar surface area (TPSA) is 0 Å². The van der Waals surface area contributed by atoms with Gasteiger partial charge >= 0.3 is 0 Å². The Morgan fingerprint density at radius 3 is 1.52 bits per heavy atom. The van der Waals surface area contributed by atoms with Gasteiger partial charge in [0.2, 0.25) is 0 Å². The molecule has 0 atom stereocenters. The largest absolute Gasteiger partial charge is 0.106 e. The maximum atomic E-state index is 2.67. The van der Waals surface area contributed by atoms with Gasteiger partial charge in [0.15, 0.2) is 0 Å². The van der Waals surface area contributed by atoms with E-state index in [4.69, 9.17) is 0 Å². The van der Waals surface area contributed by atoms with Crippen LogP contribution in [0.3, 0.4) is 0 Å². The lowest BCUT2D eigenvalue weighted by molar-refractivity contribution is 0.867. The predicted molar refractivity (Wildman–Crippen MR) is 177 cm³/mol. The molecule has 0 saturated carbocycles. The van der Waals surface area contributed by atoms with E-state index in [0.717, 1.165) is 12.8 Å². The third-order valence-electron chi connectivity index (χ3n) is 9.61. The van der Waals surface area contributed by atoms with Gasteiger partial charge in [-0.1, -0.05) is 139 Å². The molecule has 0 heterocycles. The molecule has 0 aromatic heterocycles. The maximum absolute atomic E-state index is 2.67. The highest BCUT2D eigenvalue weighted by Crippen LogP contribution is 2.46.